The van der Waals surface area contributed by atoms with Crippen LogP contribution in [-0.2, 0) is 4.74 Å². The Morgan fingerprint density at radius 1 is 1.00 bits per heavy atom. The molecule has 0 amide bonds. The van der Waals surface area contributed by atoms with E-state index in [1.807, 2.05) is 18.2 Å². The smallest absolute Gasteiger partial charge is 0.137 e. The molecule has 0 unspecified atom stereocenters. The maximum Gasteiger partial charge on any atom is 0.137 e. The molecule has 1 aliphatic rings. The highest BCUT2D eigenvalue weighted by Gasteiger charge is 2.17. The predicted molar refractivity (Wildman–Crippen MR) is 92.4 cm³/mol. The number of rotatable bonds is 3. The number of hydrogen-bond acceptors (Lipinski definition) is 3. The van der Waals surface area contributed by atoms with Crippen LogP contribution < -0.4 is 4.90 Å². The molecular formula is C19H18FN3O. The van der Waals surface area contributed by atoms with Gasteiger partial charge in [-0.1, -0.05) is 24.3 Å². The summed E-state index contributed by atoms with van der Waals surface area (Å²) in [7, 11) is 0. The fourth-order valence-electron chi connectivity index (χ4n) is 3.07. The lowest BCUT2D eigenvalue weighted by atomic mass is 9.97. The molecule has 1 saturated heterocycles. The number of imidazole rings is 1. The van der Waals surface area contributed by atoms with Gasteiger partial charge in [0, 0.05) is 42.3 Å². The molecule has 3 aromatic rings. The molecule has 4 rings (SSSR count). The lowest BCUT2D eigenvalue weighted by Crippen LogP contribution is -2.36. The van der Waals surface area contributed by atoms with Gasteiger partial charge in [0.15, 0.2) is 0 Å². The largest absolute Gasteiger partial charge is 0.378 e. The van der Waals surface area contributed by atoms with Gasteiger partial charge in [-0.2, -0.15) is 0 Å². The zero-order valence-corrected chi connectivity index (χ0v) is 13.2. The number of ether oxygens (including phenoxy) is 1. The number of hydrogen-bond donors (Lipinski definition) is 1. The van der Waals surface area contributed by atoms with Crippen LogP contribution in [-0.4, -0.2) is 36.3 Å². The highest BCUT2D eigenvalue weighted by molar-refractivity contribution is 5.83. The average Bonchev–Trinajstić information content (AvgIpc) is 3.17. The minimum atomic E-state index is -0.232. The maximum absolute atomic E-state index is 14.3. The Bertz CT molecular complexity index is 826. The van der Waals surface area contributed by atoms with Crippen molar-refractivity contribution in [3.8, 4) is 22.5 Å². The second kappa shape index (κ2) is 6.45. The van der Waals surface area contributed by atoms with Gasteiger partial charge in [-0.3, -0.25) is 0 Å². The van der Waals surface area contributed by atoms with Gasteiger partial charge in [0.1, 0.15) is 11.6 Å². The number of halogens is 1. The average molecular weight is 323 g/mol. The van der Waals surface area contributed by atoms with Crippen molar-refractivity contribution in [3.63, 3.8) is 0 Å². The minimum Gasteiger partial charge on any atom is -0.378 e. The first-order chi connectivity index (χ1) is 11.8. The van der Waals surface area contributed by atoms with Crippen LogP contribution in [0.25, 0.3) is 22.5 Å². The molecule has 4 nitrogen and oxygen atoms in total. The first-order valence-corrected chi connectivity index (χ1v) is 8.04. The zero-order valence-electron chi connectivity index (χ0n) is 13.2. The summed E-state index contributed by atoms with van der Waals surface area (Å²) in [5.74, 6) is 0.507. The predicted octanol–water partition coefficient (Wildman–Crippen LogP) is 3.72. The number of benzene rings is 2. The zero-order chi connectivity index (χ0) is 16.4. The molecule has 2 heterocycles. The Kier molecular flexibility index (Phi) is 4.01. The summed E-state index contributed by atoms with van der Waals surface area (Å²) in [6, 6.07) is 12.9. The summed E-state index contributed by atoms with van der Waals surface area (Å²) in [6.07, 6.45) is 3.49. The van der Waals surface area contributed by atoms with E-state index in [4.69, 9.17) is 4.74 Å². The summed E-state index contributed by atoms with van der Waals surface area (Å²) >= 11 is 0. The molecule has 2 aromatic carbocycles. The lowest BCUT2D eigenvalue weighted by molar-refractivity contribution is 0.122. The lowest BCUT2D eigenvalue weighted by Gasteiger charge is -2.29. The molecule has 1 N–H and O–H groups in total. The molecule has 0 saturated carbocycles. The van der Waals surface area contributed by atoms with E-state index in [1.165, 1.54) is 6.07 Å². The quantitative estimate of drug-likeness (QED) is 0.799. The fraction of sp³-hybridized carbons (Fsp3) is 0.211. The number of morpholine rings is 1. The van der Waals surface area contributed by atoms with E-state index in [9.17, 15) is 4.39 Å². The second-order valence-corrected chi connectivity index (χ2v) is 5.75. The fourth-order valence-corrected chi connectivity index (χ4v) is 3.07. The minimum absolute atomic E-state index is 0.232. The molecule has 1 aromatic heterocycles. The van der Waals surface area contributed by atoms with Crippen molar-refractivity contribution < 1.29 is 9.13 Å². The van der Waals surface area contributed by atoms with E-state index >= 15 is 0 Å². The third-order valence-electron chi connectivity index (χ3n) is 4.30. The Balaban J connectivity index is 1.83. The number of nitrogens with one attached hydrogen (secondary N) is 1. The van der Waals surface area contributed by atoms with Crippen molar-refractivity contribution >= 4 is 5.69 Å². The van der Waals surface area contributed by atoms with Crippen molar-refractivity contribution in [2.45, 2.75) is 0 Å². The van der Waals surface area contributed by atoms with Crippen molar-refractivity contribution in [2.24, 2.45) is 0 Å². The van der Waals surface area contributed by atoms with Gasteiger partial charge in [-0.05, 0) is 23.8 Å². The molecule has 0 radical (unpaired) electrons. The maximum atomic E-state index is 14.3. The van der Waals surface area contributed by atoms with E-state index in [1.54, 1.807) is 24.5 Å². The van der Waals surface area contributed by atoms with Crippen LogP contribution in [0.2, 0.25) is 0 Å². The summed E-state index contributed by atoms with van der Waals surface area (Å²) in [5.41, 5.74) is 3.41. The van der Waals surface area contributed by atoms with E-state index in [2.05, 4.69) is 20.9 Å². The van der Waals surface area contributed by atoms with Crippen LogP contribution in [0.15, 0.2) is 54.9 Å². The van der Waals surface area contributed by atoms with Gasteiger partial charge in [-0.15, -0.1) is 0 Å². The number of nitrogens with zero attached hydrogens (tertiary/aromatic N) is 2. The third-order valence-corrected chi connectivity index (χ3v) is 4.30. The molecular weight excluding hydrogens is 305 g/mol. The van der Waals surface area contributed by atoms with Gasteiger partial charge in [0.25, 0.3) is 0 Å². The van der Waals surface area contributed by atoms with E-state index in [0.29, 0.717) is 5.56 Å². The first-order valence-electron chi connectivity index (χ1n) is 8.04. The highest BCUT2D eigenvalue weighted by Crippen LogP contribution is 2.35. The molecule has 0 atom stereocenters. The SMILES string of the molecule is Fc1ccccc1-c1ccc(N2CCOCC2)cc1-c1ncc[nH]1. The molecule has 24 heavy (non-hydrogen) atoms. The van der Waals surface area contributed by atoms with Crippen molar-refractivity contribution in [1.29, 1.82) is 0 Å². The van der Waals surface area contributed by atoms with Crippen LogP contribution in [0, 0.1) is 5.82 Å². The third kappa shape index (κ3) is 2.78. The van der Waals surface area contributed by atoms with E-state index in [-0.39, 0.29) is 5.82 Å². The second-order valence-electron chi connectivity index (χ2n) is 5.75. The molecule has 1 fully saturated rings. The molecule has 5 heteroatoms. The topological polar surface area (TPSA) is 41.1 Å². The number of aromatic nitrogens is 2. The van der Waals surface area contributed by atoms with Crippen molar-refractivity contribution in [2.75, 3.05) is 31.2 Å². The van der Waals surface area contributed by atoms with Crippen LogP contribution >= 0.6 is 0 Å². The Morgan fingerprint density at radius 2 is 1.83 bits per heavy atom. The number of aromatic amines is 1. The Hall–Kier alpha value is -2.66. The molecule has 0 aliphatic carbocycles. The van der Waals surface area contributed by atoms with E-state index < -0.39 is 0 Å². The number of H-pyrrole nitrogens is 1. The Labute approximate surface area is 139 Å². The summed E-state index contributed by atoms with van der Waals surface area (Å²) in [4.78, 5) is 9.78. The monoisotopic (exact) mass is 323 g/mol. The summed E-state index contributed by atoms with van der Waals surface area (Å²) in [6.45, 7) is 3.17. The highest BCUT2D eigenvalue weighted by atomic mass is 19.1. The van der Waals surface area contributed by atoms with Crippen molar-refractivity contribution in [3.05, 3.63) is 60.7 Å². The number of anilines is 1. The first kappa shape index (κ1) is 14.9. The van der Waals surface area contributed by atoms with Gasteiger partial charge < -0.3 is 14.6 Å². The van der Waals surface area contributed by atoms with E-state index in [0.717, 1.165) is 48.9 Å². The van der Waals surface area contributed by atoms with Crippen LogP contribution in [0.1, 0.15) is 0 Å². The summed E-state index contributed by atoms with van der Waals surface area (Å²) in [5, 5.41) is 0. The van der Waals surface area contributed by atoms with Gasteiger partial charge >= 0.3 is 0 Å². The van der Waals surface area contributed by atoms with Gasteiger partial charge in [0.2, 0.25) is 0 Å². The molecule has 0 spiro atoms. The molecule has 1 aliphatic heterocycles. The standard InChI is InChI=1S/C19H18FN3O/c20-18-4-2-1-3-16(18)15-6-5-14(23-9-11-24-12-10-23)13-17(15)19-21-7-8-22-19/h1-8,13H,9-12H2,(H,21,22). The van der Waals surface area contributed by atoms with Gasteiger partial charge in [-0.25, -0.2) is 9.37 Å². The van der Waals surface area contributed by atoms with Crippen LogP contribution in [0.5, 0.6) is 0 Å². The Morgan fingerprint density at radius 3 is 2.58 bits per heavy atom. The van der Waals surface area contributed by atoms with Gasteiger partial charge in [0.05, 0.1) is 13.2 Å². The van der Waals surface area contributed by atoms with Crippen molar-refractivity contribution in [1.82, 2.24) is 9.97 Å². The molecule has 122 valence electrons. The van der Waals surface area contributed by atoms with Crippen LogP contribution in [0.4, 0.5) is 10.1 Å². The molecule has 0 bridgehead atoms. The normalized spacial score (nSPS) is 14.8. The van der Waals surface area contributed by atoms with Crippen LogP contribution in [0.3, 0.4) is 0 Å². The summed E-state index contributed by atoms with van der Waals surface area (Å²) < 4.78 is 19.7.